The van der Waals surface area contributed by atoms with Crippen LogP contribution in [0.25, 0.3) is 0 Å². The Balaban J connectivity index is 1.27. The number of benzene rings is 1. The predicted octanol–water partition coefficient (Wildman–Crippen LogP) is 3.79. The van der Waals surface area contributed by atoms with E-state index < -0.39 is 0 Å². The van der Waals surface area contributed by atoms with Gasteiger partial charge in [-0.1, -0.05) is 37.1 Å². The number of nitrogens with one attached hydrogen (secondary N) is 1. The summed E-state index contributed by atoms with van der Waals surface area (Å²) in [5.41, 5.74) is 2.65. The van der Waals surface area contributed by atoms with Crippen molar-refractivity contribution in [2.24, 2.45) is 5.92 Å². The maximum atomic E-state index is 13.7. The highest BCUT2D eigenvalue weighted by molar-refractivity contribution is 5.91. The first-order valence-corrected chi connectivity index (χ1v) is 12.2. The van der Waals surface area contributed by atoms with E-state index >= 15 is 0 Å². The second kappa shape index (κ2) is 9.49. The van der Waals surface area contributed by atoms with Gasteiger partial charge in [0.1, 0.15) is 0 Å². The van der Waals surface area contributed by atoms with Gasteiger partial charge in [0.2, 0.25) is 5.91 Å². The number of aryl methyl sites for hydroxylation is 1. The first-order valence-electron chi connectivity index (χ1n) is 12.2. The maximum Gasteiger partial charge on any atom is 0.289 e. The van der Waals surface area contributed by atoms with E-state index in [-0.39, 0.29) is 23.9 Å². The van der Waals surface area contributed by atoms with Gasteiger partial charge in [-0.15, -0.1) is 0 Å². The summed E-state index contributed by atoms with van der Waals surface area (Å²) in [5, 5.41) is 3.43. The molecule has 1 aromatic carbocycles. The number of hydrogen-bond acceptors (Lipinski definition) is 4. The molecule has 3 aliphatic rings. The third-order valence-corrected chi connectivity index (χ3v) is 7.53. The number of rotatable bonds is 5. The largest absolute Gasteiger partial charge is 0.459 e. The number of carbonyl (C=O) groups is 2. The minimum Gasteiger partial charge on any atom is -0.459 e. The molecule has 5 rings (SSSR count). The number of fused-ring (bicyclic) bond motifs is 1. The van der Waals surface area contributed by atoms with Crippen molar-refractivity contribution < 1.29 is 14.0 Å². The molecule has 0 spiro atoms. The maximum absolute atomic E-state index is 13.7. The fourth-order valence-electron chi connectivity index (χ4n) is 5.87. The molecule has 2 aliphatic carbocycles. The minimum atomic E-state index is -0.104. The van der Waals surface area contributed by atoms with Crippen LogP contribution in [-0.4, -0.2) is 53.8 Å². The summed E-state index contributed by atoms with van der Waals surface area (Å²) in [6, 6.07) is 12.0. The molecule has 6 heteroatoms. The number of hydrogen-bond donors (Lipinski definition) is 1. The Hall–Kier alpha value is -2.60. The van der Waals surface area contributed by atoms with E-state index in [0.717, 1.165) is 45.2 Å². The molecule has 1 aromatic heterocycles. The second-order valence-corrected chi connectivity index (χ2v) is 9.45. The molecule has 2 atom stereocenters. The summed E-state index contributed by atoms with van der Waals surface area (Å²) in [6.45, 7) is 2.70. The van der Waals surface area contributed by atoms with Crippen molar-refractivity contribution in [2.45, 2.75) is 57.0 Å². The zero-order chi connectivity index (χ0) is 21.9. The van der Waals surface area contributed by atoms with E-state index in [1.165, 1.54) is 30.2 Å². The molecule has 1 saturated heterocycles. The van der Waals surface area contributed by atoms with Crippen LogP contribution in [0.2, 0.25) is 0 Å². The van der Waals surface area contributed by atoms with Crippen LogP contribution in [0.1, 0.15) is 66.2 Å². The molecule has 0 unspecified atom stereocenters. The van der Waals surface area contributed by atoms with Crippen LogP contribution in [0.3, 0.4) is 0 Å². The lowest BCUT2D eigenvalue weighted by Gasteiger charge is -2.41. The van der Waals surface area contributed by atoms with Crippen LogP contribution in [-0.2, 0) is 11.2 Å². The zero-order valence-corrected chi connectivity index (χ0v) is 18.7. The SMILES string of the molecule is O=C(N[C@@H]1CCCc2ccccc21)[C@H](C1CCCC1)N1CCN(C(=O)c2ccco2)CC1. The fraction of sp³-hybridized carbons (Fsp3) is 0.538. The van der Waals surface area contributed by atoms with Gasteiger partial charge in [-0.3, -0.25) is 14.5 Å². The van der Waals surface area contributed by atoms with E-state index in [0.29, 0.717) is 24.8 Å². The molecule has 170 valence electrons. The lowest BCUT2D eigenvalue weighted by atomic mass is 9.87. The normalized spacial score (nSPS) is 23.0. The first kappa shape index (κ1) is 21.3. The molecule has 0 bridgehead atoms. The fourth-order valence-corrected chi connectivity index (χ4v) is 5.87. The van der Waals surface area contributed by atoms with Crippen LogP contribution >= 0.6 is 0 Å². The summed E-state index contributed by atoms with van der Waals surface area (Å²) in [6.07, 6.45) is 9.40. The van der Waals surface area contributed by atoms with Gasteiger partial charge in [-0.25, -0.2) is 0 Å². The number of carbonyl (C=O) groups excluding carboxylic acids is 2. The average molecular weight is 436 g/mol. The van der Waals surface area contributed by atoms with Crippen molar-refractivity contribution in [1.29, 1.82) is 0 Å². The van der Waals surface area contributed by atoms with Crippen molar-refractivity contribution in [1.82, 2.24) is 15.1 Å². The molecule has 2 fully saturated rings. The third kappa shape index (κ3) is 4.33. The number of nitrogens with zero attached hydrogens (tertiary/aromatic N) is 2. The summed E-state index contributed by atoms with van der Waals surface area (Å²) in [5.74, 6) is 0.903. The van der Waals surface area contributed by atoms with Gasteiger partial charge in [-0.05, 0) is 61.3 Å². The molecule has 1 N–H and O–H groups in total. The van der Waals surface area contributed by atoms with Gasteiger partial charge < -0.3 is 14.6 Å². The van der Waals surface area contributed by atoms with Crippen LogP contribution in [0.15, 0.2) is 47.1 Å². The Morgan fingerprint density at radius 2 is 1.72 bits per heavy atom. The molecule has 1 aliphatic heterocycles. The highest BCUT2D eigenvalue weighted by Gasteiger charge is 2.38. The first-order chi connectivity index (χ1) is 15.7. The van der Waals surface area contributed by atoms with Crippen molar-refractivity contribution >= 4 is 11.8 Å². The van der Waals surface area contributed by atoms with Gasteiger partial charge >= 0.3 is 0 Å². The van der Waals surface area contributed by atoms with E-state index in [9.17, 15) is 9.59 Å². The number of piperazine rings is 1. The lowest BCUT2D eigenvalue weighted by Crippen LogP contribution is -2.58. The second-order valence-electron chi connectivity index (χ2n) is 9.45. The summed E-state index contributed by atoms with van der Waals surface area (Å²) < 4.78 is 5.29. The Labute approximate surface area is 189 Å². The van der Waals surface area contributed by atoms with E-state index in [1.807, 2.05) is 4.90 Å². The Morgan fingerprint density at radius 3 is 2.47 bits per heavy atom. The molecule has 1 saturated carbocycles. The Bertz CT molecular complexity index is 928. The number of amides is 2. The van der Waals surface area contributed by atoms with Crippen molar-refractivity contribution in [3.63, 3.8) is 0 Å². The van der Waals surface area contributed by atoms with Gasteiger partial charge in [0, 0.05) is 26.2 Å². The topological polar surface area (TPSA) is 65.8 Å². The summed E-state index contributed by atoms with van der Waals surface area (Å²) >= 11 is 0. The lowest BCUT2D eigenvalue weighted by molar-refractivity contribution is -0.130. The quantitative estimate of drug-likeness (QED) is 0.776. The third-order valence-electron chi connectivity index (χ3n) is 7.53. The van der Waals surface area contributed by atoms with Gasteiger partial charge in [0.15, 0.2) is 5.76 Å². The van der Waals surface area contributed by atoms with Crippen molar-refractivity contribution in [3.8, 4) is 0 Å². The van der Waals surface area contributed by atoms with Crippen LogP contribution in [0, 0.1) is 5.92 Å². The van der Waals surface area contributed by atoms with Crippen LogP contribution < -0.4 is 5.32 Å². The Kier molecular flexibility index (Phi) is 6.30. The molecule has 2 amide bonds. The monoisotopic (exact) mass is 435 g/mol. The number of furan rings is 1. The summed E-state index contributed by atoms with van der Waals surface area (Å²) in [4.78, 5) is 30.5. The van der Waals surface area contributed by atoms with E-state index in [1.54, 1.807) is 12.1 Å². The molecule has 2 heterocycles. The molecule has 32 heavy (non-hydrogen) atoms. The standard InChI is InChI=1S/C26H33N3O3/c30-25(27-22-12-5-10-19-7-3-4-11-21(19)22)24(20-8-1-2-9-20)28-14-16-29(17-15-28)26(31)23-13-6-18-32-23/h3-4,6-7,11,13,18,20,22,24H,1-2,5,8-10,12,14-17H2,(H,27,30)/t22-,24+/m1/s1. The predicted molar refractivity (Wildman–Crippen MR) is 122 cm³/mol. The average Bonchev–Trinajstić information content (AvgIpc) is 3.55. The molecular weight excluding hydrogens is 402 g/mol. The van der Waals surface area contributed by atoms with Crippen LogP contribution in [0.5, 0.6) is 0 Å². The van der Waals surface area contributed by atoms with Gasteiger partial charge in [0.25, 0.3) is 5.91 Å². The van der Waals surface area contributed by atoms with E-state index in [4.69, 9.17) is 4.42 Å². The van der Waals surface area contributed by atoms with Gasteiger partial charge in [-0.2, -0.15) is 0 Å². The molecule has 2 aromatic rings. The highest BCUT2D eigenvalue weighted by atomic mass is 16.3. The molecular formula is C26H33N3O3. The zero-order valence-electron chi connectivity index (χ0n) is 18.7. The minimum absolute atomic E-state index is 0.0599. The van der Waals surface area contributed by atoms with Gasteiger partial charge in [0.05, 0.1) is 18.3 Å². The van der Waals surface area contributed by atoms with Crippen molar-refractivity contribution in [3.05, 3.63) is 59.5 Å². The highest BCUT2D eigenvalue weighted by Crippen LogP contribution is 2.33. The van der Waals surface area contributed by atoms with Crippen molar-refractivity contribution in [2.75, 3.05) is 26.2 Å². The Morgan fingerprint density at radius 1 is 0.938 bits per heavy atom. The smallest absolute Gasteiger partial charge is 0.289 e. The molecule has 0 radical (unpaired) electrons. The summed E-state index contributed by atoms with van der Waals surface area (Å²) in [7, 11) is 0. The van der Waals surface area contributed by atoms with Crippen LogP contribution in [0.4, 0.5) is 0 Å². The van der Waals surface area contributed by atoms with E-state index in [2.05, 4.69) is 34.5 Å². The molecule has 6 nitrogen and oxygen atoms in total.